The normalized spacial score (nSPS) is 22.2. The Morgan fingerprint density at radius 2 is 2.14 bits per heavy atom. The lowest BCUT2D eigenvalue weighted by Crippen LogP contribution is -2.32. The predicted octanol–water partition coefficient (Wildman–Crippen LogP) is 3.16. The number of carbonyl (C=O) groups is 1. The van der Waals surface area contributed by atoms with Crippen molar-refractivity contribution in [3.63, 3.8) is 0 Å². The predicted molar refractivity (Wildman–Crippen MR) is 86.3 cm³/mol. The van der Waals surface area contributed by atoms with Crippen molar-refractivity contribution in [3.05, 3.63) is 22.4 Å². The quantitative estimate of drug-likeness (QED) is 0.712. The molecule has 1 aliphatic heterocycles. The first-order valence-electron chi connectivity index (χ1n) is 7.94. The average molecular weight is 310 g/mol. The SMILES string of the molecule is CCCCOCCCN1C(=O)C(CC)NC1c1ccsc1. The fourth-order valence-corrected chi connectivity index (χ4v) is 3.28. The molecule has 1 N–H and O–H groups in total. The molecule has 2 rings (SSSR count). The monoisotopic (exact) mass is 310 g/mol. The van der Waals surface area contributed by atoms with E-state index in [0.717, 1.165) is 45.4 Å². The Morgan fingerprint density at radius 3 is 2.81 bits per heavy atom. The molecule has 1 aromatic rings. The molecule has 1 fully saturated rings. The fourth-order valence-electron chi connectivity index (χ4n) is 2.60. The summed E-state index contributed by atoms with van der Waals surface area (Å²) in [5, 5.41) is 7.63. The minimum absolute atomic E-state index is 0.0318. The number of hydrogen-bond acceptors (Lipinski definition) is 4. The molecule has 0 radical (unpaired) electrons. The maximum Gasteiger partial charge on any atom is 0.241 e. The third-order valence-electron chi connectivity index (χ3n) is 3.85. The van der Waals surface area contributed by atoms with Crippen molar-refractivity contribution >= 4 is 17.2 Å². The number of ether oxygens (including phenoxy) is 1. The summed E-state index contributed by atoms with van der Waals surface area (Å²) in [7, 11) is 0. The van der Waals surface area contributed by atoms with E-state index in [1.54, 1.807) is 11.3 Å². The number of unbranched alkanes of at least 4 members (excludes halogenated alkanes) is 1. The first-order valence-corrected chi connectivity index (χ1v) is 8.88. The van der Waals surface area contributed by atoms with Crippen molar-refractivity contribution in [1.82, 2.24) is 10.2 Å². The topological polar surface area (TPSA) is 41.6 Å². The number of hydrogen-bond donors (Lipinski definition) is 1. The van der Waals surface area contributed by atoms with Crippen molar-refractivity contribution in [2.24, 2.45) is 0 Å². The largest absolute Gasteiger partial charge is 0.381 e. The second kappa shape index (κ2) is 8.51. The maximum atomic E-state index is 12.4. The van der Waals surface area contributed by atoms with Gasteiger partial charge in [-0.05, 0) is 41.7 Å². The summed E-state index contributed by atoms with van der Waals surface area (Å²) in [6.45, 7) is 6.53. The molecule has 0 spiro atoms. The zero-order valence-corrected chi connectivity index (χ0v) is 13.8. The van der Waals surface area contributed by atoms with E-state index in [2.05, 4.69) is 36.0 Å². The highest BCUT2D eigenvalue weighted by atomic mass is 32.1. The van der Waals surface area contributed by atoms with Gasteiger partial charge in [-0.2, -0.15) is 11.3 Å². The first-order chi connectivity index (χ1) is 10.3. The molecule has 2 atom stereocenters. The van der Waals surface area contributed by atoms with Crippen LogP contribution >= 0.6 is 11.3 Å². The van der Waals surface area contributed by atoms with E-state index in [4.69, 9.17) is 4.74 Å². The van der Waals surface area contributed by atoms with Gasteiger partial charge in [0.05, 0.1) is 6.04 Å². The molecule has 1 amide bonds. The van der Waals surface area contributed by atoms with Crippen LogP contribution in [0.3, 0.4) is 0 Å². The minimum atomic E-state index is -0.0455. The Balaban J connectivity index is 1.86. The average Bonchev–Trinajstić information content (AvgIpc) is 3.11. The molecule has 0 aromatic carbocycles. The third-order valence-corrected chi connectivity index (χ3v) is 4.55. The van der Waals surface area contributed by atoms with Crippen LogP contribution in [0.15, 0.2) is 16.8 Å². The number of amides is 1. The standard InChI is InChI=1S/C16H26N2O2S/c1-3-5-9-20-10-6-8-18-15(13-7-11-21-12-13)17-14(4-2)16(18)19/h7,11-12,14-15,17H,3-6,8-10H2,1-2H3. The van der Waals surface area contributed by atoms with Crippen LogP contribution in [0.2, 0.25) is 0 Å². The van der Waals surface area contributed by atoms with E-state index in [1.165, 1.54) is 5.56 Å². The van der Waals surface area contributed by atoms with Gasteiger partial charge < -0.3 is 9.64 Å². The van der Waals surface area contributed by atoms with Crippen LogP contribution in [0.25, 0.3) is 0 Å². The number of carbonyl (C=O) groups excluding carboxylic acids is 1. The summed E-state index contributed by atoms with van der Waals surface area (Å²) in [4.78, 5) is 14.4. The second-order valence-corrected chi connectivity index (χ2v) is 6.22. The van der Waals surface area contributed by atoms with Crippen LogP contribution < -0.4 is 5.32 Å². The summed E-state index contributed by atoms with van der Waals surface area (Å²) in [5.74, 6) is 0.224. The lowest BCUT2D eigenvalue weighted by Gasteiger charge is -2.23. The van der Waals surface area contributed by atoms with Gasteiger partial charge in [-0.15, -0.1) is 0 Å². The molecule has 4 nitrogen and oxygen atoms in total. The Labute approximate surface area is 131 Å². The molecule has 0 saturated carbocycles. The lowest BCUT2D eigenvalue weighted by molar-refractivity contribution is -0.130. The molecule has 1 saturated heterocycles. The van der Waals surface area contributed by atoms with E-state index in [1.807, 2.05) is 4.90 Å². The van der Waals surface area contributed by atoms with Crippen LogP contribution in [0.5, 0.6) is 0 Å². The van der Waals surface area contributed by atoms with Crippen molar-refractivity contribution in [3.8, 4) is 0 Å². The van der Waals surface area contributed by atoms with Gasteiger partial charge in [0.15, 0.2) is 0 Å². The number of nitrogens with one attached hydrogen (secondary N) is 1. The van der Waals surface area contributed by atoms with Crippen molar-refractivity contribution < 1.29 is 9.53 Å². The maximum absolute atomic E-state index is 12.4. The Bertz CT molecular complexity index is 422. The van der Waals surface area contributed by atoms with Gasteiger partial charge in [0.25, 0.3) is 0 Å². The Hall–Kier alpha value is -0.910. The van der Waals surface area contributed by atoms with Gasteiger partial charge in [-0.25, -0.2) is 0 Å². The highest BCUT2D eigenvalue weighted by molar-refractivity contribution is 7.07. The van der Waals surface area contributed by atoms with Gasteiger partial charge in [-0.1, -0.05) is 20.3 Å². The van der Waals surface area contributed by atoms with Crippen molar-refractivity contribution in [2.45, 2.75) is 51.7 Å². The van der Waals surface area contributed by atoms with Crippen LogP contribution in [0.1, 0.15) is 51.3 Å². The smallest absolute Gasteiger partial charge is 0.241 e. The van der Waals surface area contributed by atoms with Crippen LogP contribution in [-0.4, -0.2) is 36.6 Å². The molecule has 2 unspecified atom stereocenters. The molecule has 21 heavy (non-hydrogen) atoms. The summed E-state index contributed by atoms with van der Waals surface area (Å²) in [5.41, 5.74) is 1.19. The van der Waals surface area contributed by atoms with Crippen LogP contribution in [0.4, 0.5) is 0 Å². The zero-order chi connectivity index (χ0) is 15.1. The van der Waals surface area contributed by atoms with E-state index in [9.17, 15) is 4.79 Å². The van der Waals surface area contributed by atoms with Gasteiger partial charge in [-0.3, -0.25) is 10.1 Å². The summed E-state index contributed by atoms with van der Waals surface area (Å²) >= 11 is 1.67. The lowest BCUT2D eigenvalue weighted by atomic mass is 10.2. The highest BCUT2D eigenvalue weighted by Gasteiger charge is 2.38. The molecule has 118 valence electrons. The molecule has 0 aliphatic carbocycles. The third kappa shape index (κ3) is 4.28. The zero-order valence-electron chi connectivity index (χ0n) is 13.0. The Morgan fingerprint density at radius 1 is 1.33 bits per heavy atom. The van der Waals surface area contributed by atoms with E-state index < -0.39 is 0 Å². The summed E-state index contributed by atoms with van der Waals surface area (Å²) < 4.78 is 5.59. The Kier molecular flexibility index (Phi) is 6.67. The van der Waals surface area contributed by atoms with Crippen molar-refractivity contribution in [2.75, 3.05) is 19.8 Å². The fraction of sp³-hybridized carbons (Fsp3) is 0.688. The summed E-state index contributed by atoms with van der Waals surface area (Å²) in [6.07, 6.45) is 4.04. The van der Waals surface area contributed by atoms with E-state index in [0.29, 0.717) is 0 Å². The van der Waals surface area contributed by atoms with E-state index >= 15 is 0 Å². The number of nitrogens with zero attached hydrogens (tertiary/aromatic N) is 1. The second-order valence-electron chi connectivity index (χ2n) is 5.44. The molecule has 5 heteroatoms. The highest BCUT2D eigenvalue weighted by Crippen LogP contribution is 2.27. The minimum Gasteiger partial charge on any atom is -0.381 e. The van der Waals surface area contributed by atoms with Crippen LogP contribution in [-0.2, 0) is 9.53 Å². The van der Waals surface area contributed by atoms with Crippen LogP contribution in [0, 0.1) is 0 Å². The first kappa shape index (κ1) is 16.5. The molecular weight excluding hydrogens is 284 g/mol. The number of thiophene rings is 1. The van der Waals surface area contributed by atoms with Gasteiger partial charge in [0.2, 0.25) is 5.91 Å². The van der Waals surface area contributed by atoms with Crippen molar-refractivity contribution in [1.29, 1.82) is 0 Å². The summed E-state index contributed by atoms with van der Waals surface area (Å²) in [6, 6.07) is 2.05. The molecule has 2 heterocycles. The van der Waals surface area contributed by atoms with Gasteiger partial charge in [0.1, 0.15) is 6.17 Å². The molecule has 1 aromatic heterocycles. The van der Waals surface area contributed by atoms with Gasteiger partial charge in [0, 0.05) is 19.8 Å². The van der Waals surface area contributed by atoms with E-state index in [-0.39, 0.29) is 18.1 Å². The number of rotatable bonds is 9. The molecule has 0 bridgehead atoms. The van der Waals surface area contributed by atoms with Gasteiger partial charge >= 0.3 is 0 Å². The molecular formula is C16H26N2O2S. The molecule has 1 aliphatic rings.